The Balaban J connectivity index is 2.11. The molecule has 1 aromatic rings. The zero-order valence-electron chi connectivity index (χ0n) is 12.4. The lowest BCUT2D eigenvalue weighted by Crippen LogP contribution is -2.41. The third kappa shape index (κ3) is 3.15. The molecule has 1 saturated heterocycles. The summed E-state index contributed by atoms with van der Waals surface area (Å²) >= 11 is 0. The summed E-state index contributed by atoms with van der Waals surface area (Å²) in [6.07, 6.45) is 2.31. The average molecular weight is 267 g/mol. The van der Waals surface area contributed by atoms with E-state index in [9.17, 15) is 0 Å². The maximum Gasteiger partial charge on any atom is 0.232 e. The number of ether oxygens (including phenoxy) is 1. The van der Waals surface area contributed by atoms with E-state index in [4.69, 9.17) is 9.26 Å². The van der Waals surface area contributed by atoms with Gasteiger partial charge in [0.1, 0.15) is 6.10 Å². The number of nitrogens with one attached hydrogen (secondary N) is 1. The Morgan fingerprint density at radius 3 is 2.95 bits per heavy atom. The average Bonchev–Trinajstić information content (AvgIpc) is 2.90. The second kappa shape index (κ2) is 6.01. The van der Waals surface area contributed by atoms with Gasteiger partial charge in [-0.15, -0.1) is 0 Å². The summed E-state index contributed by atoms with van der Waals surface area (Å²) in [6.45, 7) is 11.1. The molecule has 19 heavy (non-hydrogen) atoms. The lowest BCUT2D eigenvalue weighted by molar-refractivity contribution is 0.0683. The summed E-state index contributed by atoms with van der Waals surface area (Å²) in [6, 6.07) is 0. The fourth-order valence-corrected chi connectivity index (χ4v) is 2.63. The Labute approximate surface area is 115 Å². The predicted octanol–water partition coefficient (Wildman–Crippen LogP) is 2.44. The molecular formula is C14H25N3O2. The van der Waals surface area contributed by atoms with Gasteiger partial charge in [-0.25, -0.2) is 0 Å². The molecule has 0 radical (unpaired) electrons. The lowest BCUT2D eigenvalue weighted by atomic mass is 9.75. The van der Waals surface area contributed by atoms with Crippen molar-refractivity contribution in [1.82, 2.24) is 15.5 Å². The van der Waals surface area contributed by atoms with Crippen molar-refractivity contribution < 1.29 is 9.26 Å². The van der Waals surface area contributed by atoms with Crippen molar-refractivity contribution in [2.45, 2.75) is 52.1 Å². The van der Waals surface area contributed by atoms with E-state index >= 15 is 0 Å². The highest BCUT2D eigenvalue weighted by atomic mass is 16.5. The molecule has 0 aliphatic carbocycles. The summed E-state index contributed by atoms with van der Waals surface area (Å²) in [4.78, 5) is 4.55. The third-order valence-corrected chi connectivity index (χ3v) is 4.09. The van der Waals surface area contributed by atoms with Gasteiger partial charge in [0.25, 0.3) is 0 Å². The van der Waals surface area contributed by atoms with Crippen molar-refractivity contribution in [1.29, 1.82) is 0 Å². The van der Waals surface area contributed by atoms with Gasteiger partial charge in [0.2, 0.25) is 5.89 Å². The number of rotatable bonds is 5. The second-order valence-electron chi connectivity index (χ2n) is 5.82. The van der Waals surface area contributed by atoms with Gasteiger partial charge in [-0.05, 0) is 45.7 Å². The van der Waals surface area contributed by atoms with Crippen molar-refractivity contribution >= 4 is 0 Å². The minimum absolute atomic E-state index is 0.0927. The number of hydrogen-bond acceptors (Lipinski definition) is 5. The Hall–Kier alpha value is -0.940. The quantitative estimate of drug-likeness (QED) is 0.888. The molecule has 2 unspecified atom stereocenters. The largest absolute Gasteiger partial charge is 0.371 e. The first kappa shape index (κ1) is 14.5. The minimum Gasteiger partial charge on any atom is -0.371 e. The first-order valence-corrected chi connectivity index (χ1v) is 7.22. The molecule has 1 aliphatic rings. The van der Waals surface area contributed by atoms with Gasteiger partial charge >= 0.3 is 0 Å². The van der Waals surface area contributed by atoms with Crippen molar-refractivity contribution in [3.63, 3.8) is 0 Å². The fraction of sp³-hybridized carbons (Fsp3) is 0.857. The molecule has 2 rings (SSSR count). The maximum atomic E-state index is 5.50. The van der Waals surface area contributed by atoms with Gasteiger partial charge < -0.3 is 14.6 Å². The molecule has 1 fully saturated rings. The van der Waals surface area contributed by atoms with Crippen LogP contribution in [0.5, 0.6) is 0 Å². The van der Waals surface area contributed by atoms with Crippen LogP contribution in [0.2, 0.25) is 0 Å². The van der Waals surface area contributed by atoms with E-state index in [0.717, 1.165) is 19.0 Å². The van der Waals surface area contributed by atoms with Crippen LogP contribution in [0, 0.1) is 5.92 Å². The summed E-state index contributed by atoms with van der Waals surface area (Å²) in [7, 11) is 0. The summed E-state index contributed by atoms with van der Waals surface area (Å²) in [5.41, 5.74) is -0.0927. The van der Waals surface area contributed by atoms with E-state index < -0.39 is 0 Å². The molecule has 108 valence electrons. The van der Waals surface area contributed by atoms with Crippen molar-refractivity contribution in [3.8, 4) is 0 Å². The smallest absolute Gasteiger partial charge is 0.232 e. The molecule has 2 atom stereocenters. The summed E-state index contributed by atoms with van der Waals surface area (Å²) < 4.78 is 11.0. The highest BCUT2D eigenvalue weighted by molar-refractivity contribution is 5.06. The number of nitrogens with zero attached hydrogens (tertiary/aromatic N) is 2. The van der Waals surface area contributed by atoms with E-state index in [1.54, 1.807) is 0 Å². The predicted molar refractivity (Wildman–Crippen MR) is 73.0 cm³/mol. The Bertz CT molecular complexity index is 397. The van der Waals surface area contributed by atoms with Crippen molar-refractivity contribution in [2.24, 2.45) is 5.92 Å². The second-order valence-corrected chi connectivity index (χ2v) is 5.82. The van der Waals surface area contributed by atoms with Crippen molar-refractivity contribution in [2.75, 3.05) is 19.7 Å². The van der Waals surface area contributed by atoms with E-state index in [1.807, 2.05) is 13.8 Å². The van der Waals surface area contributed by atoms with Gasteiger partial charge in [0.05, 0.1) is 0 Å². The number of hydrogen-bond donors (Lipinski definition) is 1. The zero-order valence-corrected chi connectivity index (χ0v) is 12.4. The normalized spacial score (nSPS) is 22.4. The third-order valence-electron chi connectivity index (χ3n) is 4.09. The molecule has 1 aromatic heterocycles. The highest BCUT2D eigenvalue weighted by Gasteiger charge is 2.37. The molecule has 0 aromatic carbocycles. The molecule has 0 saturated carbocycles. The minimum atomic E-state index is -0.109. The van der Waals surface area contributed by atoms with Crippen molar-refractivity contribution in [3.05, 3.63) is 11.7 Å². The fourth-order valence-electron chi connectivity index (χ4n) is 2.63. The van der Waals surface area contributed by atoms with Gasteiger partial charge in [-0.2, -0.15) is 4.98 Å². The standard InChI is InChI=1S/C14H25N3O2/c1-5-18-10(2)12-16-13(19-17-12)14(3,4)11-7-6-8-15-9-11/h10-11,15H,5-9H2,1-4H3. The molecule has 5 heteroatoms. The summed E-state index contributed by atoms with van der Waals surface area (Å²) in [5, 5.41) is 7.51. The molecule has 2 heterocycles. The van der Waals surface area contributed by atoms with Crippen LogP contribution in [0.3, 0.4) is 0 Å². The Kier molecular flexibility index (Phi) is 4.58. The van der Waals surface area contributed by atoms with Crippen LogP contribution < -0.4 is 5.32 Å². The molecule has 0 amide bonds. The molecule has 5 nitrogen and oxygen atoms in total. The first-order valence-electron chi connectivity index (χ1n) is 7.22. The molecule has 1 N–H and O–H groups in total. The lowest BCUT2D eigenvalue weighted by Gasteiger charge is -2.34. The Morgan fingerprint density at radius 2 is 2.32 bits per heavy atom. The van der Waals surface area contributed by atoms with Crippen LogP contribution in [-0.4, -0.2) is 29.8 Å². The molecule has 0 spiro atoms. The maximum absolute atomic E-state index is 5.50. The van der Waals surface area contributed by atoms with Gasteiger partial charge in [0, 0.05) is 12.0 Å². The van der Waals surface area contributed by atoms with E-state index in [-0.39, 0.29) is 11.5 Å². The van der Waals surface area contributed by atoms with Gasteiger partial charge in [-0.3, -0.25) is 0 Å². The van der Waals surface area contributed by atoms with Gasteiger partial charge in [0.15, 0.2) is 5.82 Å². The number of piperidine rings is 1. The van der Waals surface area contributed by atoms with E-state index in [1.165, 1.54) is 12.8 Å². The van der Waals surface area contributed by atoms with E-state index in [0.29, 0.717) is 18.3 Å². The SMILES string of the molecule is CCOC(C)c1noc(C(C)(C)C2CCCNC2)n1. The molecule has 0 bridgehead atoms. The summed E-state index contributed by atoms with van der Waals surface area (Å²) in [5.74, 6) is 1.91. The van der Waals surface area contributed by atoms with Crippen LogP contribution >= 0.6 is 0 Å². The van der Waals surface area contributed by atoms with E-state index in [2.05, 4.69) is 29.3 Å². The number of aromatic nitrogens is 2. The monoisotopic (exact) mass is 267 g/mol. The van der Waals surface area contributed by atoms with Crippen LogP contribution in [0.4, 0.5) is 0 Å². The molecule has 1 aliphatic heterocycles. The topological polar surface area (TPSA) is 60.2 Å². The van der Waals surface area contributed by atoms with Crippen LogP contribution in [0.1, 0.15) is 58.4 Å². The Morgan fingerprint density at radius 1 is 1.53 bits per heavy atom. The first-order chi connectivity index (χ1) is 9.05. The highest BCUT2D eigenvalue weighted by Crippen LogP contribution is 2.35. The zero-order chi connectivity index (χ0) is 13.9. The van der Waals surface area contributed by atoms with Crippen LogP contribution in [0.25, 0.3) is 0 Å². The van der Waals surface area contributed by atoms with Gasteiger partial charge in [-0.1, -0.05) is 19.0 Å². The molecular weight excluding hydrogens is 242 g/mol. The van der Waals surface area contributed by atoms with Crippen LogP contribution in [-0.2, 0) is 10.2 Å². The van der Waals surface area contributed by atoms with Crippen LogP contribution in [0.15, 0.2) is 4.52 Å².